The molecule has 0 bridgehead atoms. The average molecular weight is 263 g/mol. The minimum atomic E-state index is -0.539. The molecule has 19 heavy (non-hydrogen) atoms. The summed E-state index contributed by atoms with van der Waals surface area (Å²) in [5.41, 5.74) is 7.07. The van der Waals surface area contributed by atoms with E-state index in [-0.39, 0.29) is 12.1 Å². The van der Waals surface area contributed by atoms with Crippen LogP contribution in [-0.4, -0.2) is 31.3 Å². The number of aryl methyl sites for hydroxylation is 1. The third kappa shape index (κ3) is 4.65. The third-order valence-electron chi connectivity index (χ3n) is 3.34. The lowest BCUT2D eigenvalue weighted by Crippen LogP contribution is -2.37. The molecule has 1 heterocycles. The molecule has 4 nitrogen and oxygen atoms in total. The Morgan fingerprint density at radius 1 is 1.32 bits per heavy atom. The molecule has 0 aromatic heterocycles. The highest BCUT2D eigenvalue weighted by Crippen LogP contribution is 2.12. The van der Waals surface area contributed by atoms with Crippen molar-refractivity contribution in [1.29, 1.82) is 0 Å². The zero-order valence-electron chi connectivity index (χ0n) is 11.1. The molecule has 1 unspecified atom stereocenters. The first-order valence-corrected chi connectivity index (χ1v) is 6.83. The van der Waals surface area contributed by atoms with Crippen LogP contribution in [0.2, 0.25) is 0 Å². The van der Waals surface area contributed by atoms with Gasteiger partial charge in [-0.15, -0.1) is 0 Å². The highest BCUT2D eigenvalue weighted by molar-refractivity contribution is 5.75. The Labute approximate surface area is 113 Å². The van der Waals surface area contributed by atoms with Gasteiger partial charge in [0.05, 0.1) is 13.2 Å². The summed E-state index contributed by atoms with van der Waals surface area (Å²) >= 11 is 0. The molecule has 1 saturated heterocycles. The second-order valence-electron chi connectivity index (χ2n) is 4.88. The molecule has 0 saturated carbocycles. The molecular weight excluding hydrogens is 242 g/mol. The van der Waals surface area contributed by atoms with E-state index < -0.39 is 6.04 Å². The molecular formula is C15H21NO3. The first-order valence-electron chi connectivity index (χ1n) is 6.83. The van der Waals surface area contributed by atoms with Gasteiger partial charge in [-0.1, -0.05) is 30.3 Å². The largest absolute Gasteiger partial charge is 0.461 e. The Balaban J connectivity index is 1.72. The number of carbonyl (C=O) groups excluding carboxylic acids is 1. The molecule has 1 atom stereocenters. The van der Waals surface area contributed by atoms with Crippen LogP contribution in [-0.2, 0) is 20.7 Å². The van der Waals surface area contributed by atoms with E-state index in [0.29, 0.717) is 19.6 Å². The van der Waals surface area contributed by atoms with Crippen molar-refractivity contribution in [2.24, 2.45) is 5.73 Å². The monoisotopic (exact) mass is 263 g/mol. The van der Waals surface area contributed by atoms with Crippen LogP contribution in [0.3, 0.4) is 0 Å². The number of benzene rings is 1. The number of rotatable bonds is 5. The summed E-state index contributed by atoms with van der Waals surface area (Å²) in [4.78, 5) is 11.8. The van der Waals surface area contributed by atoms with Crippen molar-refractivity contribution in [3.05, 3.63) is 35.9 Å². The van der Waals surface area contributed by atoms with Crippen LogP contribution < -0.4 is 5.73 Å². The Morgan fingerprint density at radius 3 is 2.68 bits per heavy atom. The molecule has 0 radical (unpaired) electrons. The summed E-state index contributed by atoms with van der Waals surface area (Å²) < 4.78 is 10.6. The molecule has 1 aliphatic heterocycles. The highest BCUT2D eigenvalue weighted by atomic mass is 16.6. The lowest BCUT2D eigenvalue weighted by atomic mass is 10.1. The second kappa shape index (κ2) is 7.26. The molecule has 2 rings (SSSR count). The Hall–Kier alpha value is -1.39. The quantitative estimate of drug-likeness (QED) is 0.821. The van der Waals surface area contributed by atoms with E-state index >= 15 is 0 Å². The first-order chi connectivity index (χ1) is 9.25. The summed E-state index contributed by atoms with van der Waals surface area (Å²) in [6.07, 6.45) is 2.94. The van der Waals surface area contributed by atoms with Crippen LogP contribution in [0.1, 0.15) is 24.8 Å². The van der Waals surface area contributed by atoms with Gasteiger partial charge in [0.15, 0.2) is 0 Å². The van der Waals surface area contributed by atoms with Crippen LogP contribution in [0.4, 0.5) is 0 Å². The second-order valence-corrected chi connectivity index (χ2v) is 4.88. The van der Waals surface area contributed by atoms with Crippen molar-refractivity contribution in [1.82, 2.24) is 0 Å². The number of esters is 1. The van der Waals surface area contributed by atoms with Gasteiger partial charge in [0.25, 0.3) is 0 Å². The summed E-state index contributed by atoms with van der Waals surface area (Å²) in [6, 6.07) is 9.49. The lowest BCUT2D eigenvalue weighted by Gasteiger charge is -2.23. The topological polar surface area (TPSA) is 61.6 Å². The number of carbonyl (C=O) groups is 1. The van der Waals surface area contributed by atoms with Crippen LogP contribution >= 0.6 is 0 Å². The fourth-order valence-corrected chi connectivity index (χ4v) is 2.13. The van der Waals surface area contributed by atoms with Gasteiger partial charge in [-0.3, -0.25) is 4.79 Å². The summed E-state index contributed by atoms with van der Waals surface area (Å²) in [7, 11) is 0. The fourth-order valence-electron chi connectivity index (χ4n) is 2.13. The van der Waals surface area contributed by atoms with Crippen molar-refractivity contribution in [2.45, 2.75) is 37.8 Å². The van der Waals surface area contributed by atoms with Gasteiger partial charge in [0.2, 0.25) is 0 Å². The molecule has 0 amide bonds. The van der Waals surface area contributed by atoms with Gasteiger partial charge < -0.3 is 15.2 Å². The fraction of sp³-hybridized carbons (Fsp3) is 0.533. The predicted octanol–water partition coefficient (Wildman–Crippen LogP) is 1.67. The van der Waals surface area contributed by atoms with Gasteiger partial charge in [0.1, 0.15) is 12.1 Å². The molecule has 4 heteroatoms. The molecule has 1 fully saturated rings. The number of hydrogen-bond acceptors (Lipinski definition) is 4. The van der Waals surface area contributed by atoms with Crippen LogP contribution in [0.5, 0.6) is 0 Å². The lowest BCUT2D eigenvalue weighted by molar-refractivity contribution is -0.154. The minimum Gasteiger partial charge on any atom is -0.461 e. The van der Waals surface area contributed by atoms with Gasteiger partial charge in [-0.25, -0.2) is 0 Å². The summed E-state index contributed by atoms with van der Waals surface area (Å²) in [5.74, 6) is -0.289. The molecule has 0 spiro atoms. The van der Waals surface area contributed by atoms with Crippen LogP contribution in [0.25, 0.3) is 0 Å². The Morgan fingerprint density at radius 2 is 2.00 bits per heavy atom. The SMILES string of the molecule is NC(CCc1ccccc1)C(=O)OC1CCOCC1. The maximum atomic E-state index is 11.8. The van der Waals surface area contributed by atoms with Crippen LogP contribution in [0.15, 0.2) is 30.3 Å². The summed E-state index contributed by atoms with van der Waals surface area (Å²) in [5, 5.41) is 0. The molecule has 1 aromatic rings. The van der Waals surface area contributed by atoms with E-state index in [1.165, 1.54) is 5.56 Å². The van der Waals surface area contributed by atoms with Gasteiger partial charge in [-0.05, 0) is 18.4 Å². The first kappa shape index (κ1) is 14.0. The number of nitrogens with two attached hydrogens (primary N) is 1. The average Bonchev–Trinajstić information content (AvgIpc) is 2.47. The summed E-state index contributed by atoms with van der Waals surface area (Å²) in [6.45, 7) is 1.33. The maximum absolute atomic E-state index is 11.8. The van der Waals surface area contributed by atoms with E-state index in [1.54, 1.807) is 0 Å². The third-order valence-corrected chi connectivity index (χ3v) is 3.34. The number of hydrogen-bond donors (Lipinski definition) is 1. The van der Waals surface area contributed by atoms with Crippen molar-refractivity contribution in [2.75, 3.05) is 13.2 Å². The Bertz CT molecular complexity index is 388. The van der Waals surface area contributed by atoms with Crippen molar-refractivity contribution >= 4 is 5.97 Å². The molecule has 1 aromatic carbocycles. The molecule has 1 aliphatic rings. The standard InChI is InChI=1S/C15H21NO3/c16-14(7-6-12-4-2-1-3-5-12)15(17)19-13-8-10-18-11-9-13/h1-5,13-14H,6-11,16H2. The minimum absolute atomic E-state index is 0.0241. The van der Waals surface area contributed by atoms with E-state index in [4.69, 9.17) is 15.2 Å². The van der Waals surface area contributed by atoms with E-state index in [2.05, 4.69) is 0 Å². The van der Waals surface area contributed by atoms with Gasteiger partial charge in [-0.2, -0.15) is 0 Å². The zero-order chi connectivity index (χ0) is 13.5. The normalized spacial score (nSPS) is 17.9. The van der Waals surface area contributed by atoms with Crippen LogP contribution in [0, 0.1) is 0 Å². The maximum Gasteiger partial charge on any atom is 0.323 e. The molecule has 2 N–H and O–H groups in total. The van der Waals surface area contributed by atoms with E-state index in [9.17, 15) is 4.79 Å². The molecule has 0 aliphatic carbocycles. The van der Waals surface area contributed by atoms with Gasteiger partial charge in [0, 0.05) is 12.8 Å². The van der Waals surface area contributed by atoms with E-state index in [1.807, 2.05) is 30.3 Å². The highest BCUT2D eigenvalue weighted by Gasteiger charge is 2.22. The smallest absolute Gasteiger partial charge is 0.323 e. The van der Waals surface area contributed by atoms with Crippen molar-refractivity contribution in [3.63, 3.8) is 0 Å². The molecule has 104 valence electrons. The predicted molar refractivity (Wildman–Crippen MR) is 72.7 cm³/mol. The van der Waals surface area contributed by atoms with Gasteiger partial charge >= 0.3 is 5.97 Å². The zero-order valence-corrected chi connectivity index (χ0v) is 11.1. The van der Waals surface area contributed by atoms with Crippen molar-refractivity contribution in [3.8, 4) is 0 Å². The number of ether oxygens (including phenoxy) is 2. The Kier molecular flexibility index (Phi) is 5.36. The van der Waals surface area contributed by atoms with Crippen molar-refractivity contribution < 1.29 is 14.3 Å². The van der Waals surface area contributed by atoms with E-state index in [0.717, 1.165) is 19.3 Å².